The summed E-state index contributed by atoms with van der Waals surface area (Å²) in [5.41, 5.74) is 5.30. The number of rotatable bonds is 4. The third-order valence-corrected chi connectivity index (χ3v) is 6.54. The number of sulfonamides is 1. The second-order valence-electron chi connectivity index (χ2n) is 7.11. The molecule has 0 spiro atoms. The van der Waals surface area contributed by atoms with Crippen molar-refractivity contribution in [3.63, 3.8) is 0 Å². The fourth-order valence-electron chi connectivity index (χ4n) is 4.02. The van der Waals surface area contributed by atoms with Gasteiger partial charge in [-0.3, -0.25) is 4.79 Å². The minimum absolute atomic E-state index is 0.109. The van der Waals surface area contributed by atoms with Crippen LogP contribution >= 0.6 is 0 Å². The van der Waals surface area contributed by atoms with Gasteiger partial charge in [0.2, 0.25) is 0 Å². The highest BCUT2D eigenvalue weighted by Gasteiger charge is 2.27. The van der Waals surface area contributed by atoms with Gasteiger partial charge < -0.3 is 10.6 Å². The highest BCUT2D eigenvalue weighted by molar-refractivity contribution is 7.90. The molecule has 1 aromatic carbocycles. The summed E-state index contributed by atoms with van der Waals surface area (Å²) in [5.74, 6) is -0.552. The van der Waals surface area contributed by atoms with E-state index in [-0.39, 0.29) is 5.69 Å². The van der Waals surface area contributed by atoms with Crippen LogP contribution in [-0.2, 0) is 35.7 Å². The summed E-state index contributed by atoms with van der Waals surface area (Å²) in [7, 11) is -2.86. The van der Waals surface area contributed by atoms with Gasteiger partial charge in [0, 0.05) is 18.8 Å². The first-order valence-electron chi connectivity index (χ1n) is 9.43. The largest absolute Gasteiger partial charge is 0.354 e. The highest BCUT2D eigenvalue weighted by Crippen LogP contribution is 2.38. The Kier molecular flexibility index (Phi) is 4.95. The number of carbonyl (C=O) groups is 2. The number of hydrogen-bond acceptors (Lipinski definition) is 6. The predicted octanol–water partition coefficient (Wildman–Crippen LogP) is 1.32. The van der Waals surface area contributed by atoms with Crippen molar-refractivity contribution < 1.29 is 18.0 Å². The van der Waals surface area contributed by atoms with Gasteiger partial charge in [0.1, 0.15) is 12.0 Å². The van der Waals surface area contributed by atoms with Crippen LogP contribution in [0.15, 0.2) is 23.5 Å². The van der Waals surface area contributed by atoms with Crippen molar-refractivity contribution >= 4 is 27.6 Å². The molecule has 0 saturated carbocycles. The minimum Gasteiger partial charge on any atom is -0.354 e. The Morgan fingerprint density at radius 2 is 1.62 bits per heavy atom. The maximum Gasteiger partial charge on any atom is 0.333 e. The maximum atomic E-state index is 12.6. The first-order chi connectivity index (χ1) is 13.9. The first kappa shape index (κ1) is 19.3. The fourth-order valence-corrected chi connectivity index (χ4v) is 4.87. The summed E-state index contributed by atoms with van der Waals surface area (Å²) in [6, 6.07) is 2.40. The Morgan fingerprint density at radius 1 is 0.966 bits per heavy atom. The standard InChI is InChI=1S/C19H21N5O4S/c1-20-18(25)15-9-16(22-10-21-15)29(27,28)24-19(26)23-17-13-6-2-4-11(13)8-12-5-3-7-14(12)17/h8-10H,2-7H2,1H3,(H,20,25)(H2,23,24,26). The molecular formula is C19H21N5O4S. The molecule has 1 aromatic heterocycles. The second kappa shape index (κ2) is 7.43. The second-order valence-corrected chi connectivity index (χ2v) is 8.74. The monoisotopic (exact) mass is 415 g/mol. The predicted molar refractivity (Wildman–Crippen MR) is 105 cm³/mol. The van der Waals surface area contributed by atoms with E-state index in [0.717, 1.165) is 67.7 Å². The van der Waals surface area contributed by atoms with E-state index in [4.69, 9.17) is 0 Å². The van der Waals surface area contributed by atoms with Crippen molar-refractivity contribution in [1.29, 1.82) is 0 Å². The molecule has 152 valence electrons. The molecule has 2 aliphatic rings. The van der Waals surface area contributed by atoms with Gasteiger partial charge in [-0.05, 0) is 60.8 Å². The van der Waals surface area contributed by atoms with Crippen LogP contribution in [0.3, 0.4) is 0 Å². The number of urea groups is 1. The molecule has 0 unspecified atom stereocenters. The van der Waals surface area contributed by atoms with E-state index >= 15 is 0 Å². The van der Waals surface area contributed by atoms with Gasteiger partial charge in [-0.1, -0.05) is 6.07 Å². The number of amides is 3. The van der Waals surface area contributed by atoms with E-state index in [1.165, 1.54) is 18.2 Å². The van der Waals surface area contributed by atoms with E-state index in [1.54, 1.807) is 0 Å². The number of anilines is 1. The summed E-state index contributed by atoms with van der Waals surface area (Å²) >= 11 is 0. The molecule has 2 aliphatic carbocycles. The number of nitrogens with one attached hydrogen (secondary N) is 3. The highest BCUT2D eigenvalue weighted by atomic mass is 32.2. The molecule has 1 heterocycles. The number of aromatic nitrogens is 2. The van der Waals surface area contributed by atoms with Crippen molar-refractivity contribution in [2.75, 3.05) is 12.4 Å². The van der Waals surface area contributed by atoms with Crippen molar-refractivity contribution in [2.24, 2.45) is 0 Å². The Hall–Kier alpha value is -3.01. The number of carbonyl (C=O) groups excluding carboxylic acids is 2. The fraction of sp³-hybridized carbons (Fsp3) is 0.368. The van der Waals surface area contributed by atoms with E-state index in [9.17, 15) is 18.0 Å². The van der Waals surface area contributed by atoms with Crippen molar-refractivity contribution in [2.45, 2.75) is 43.6 Å². The van der Waals surface area contributed by atoms with Crippen molar-refractivity contribution in [3.05, 3.63) is 46.4 Å². The number of fused-ring (bicyclic) bond motifs is 2. The van der Waals surface area contributed by atoms with Crippen LogP contribution in [0.2, 0.25) is 0 Å². The lowest BCUT2D eigenvalue weighted by Crippen LogP contribution is -2.35. The summed E-state index contributed by atoms with van der Waals surface area (Å²) in [6.07, 6.45) is 6.69. The molecule has 3 N–H and O–H groups in total. The van der Waals surface area contributed by atoms with Crippen molar-refractivity contribution in [1.82, 2.24) is 20.0 Å². The van der Waals surface area contributed by atoms with E-state index in [2.05, 4.69) is 26.7 Å². The SMILES string of the molecule is CNC(=O)c1cc(S(=O)(=O)NC(=O)Nc2c3c(cc4c2CCC4)CCC3)ncn1. The number of nitrogens with zero attached hydrogens (tertiary/aromatic N) is 2. The topological polar surface area (TPSA) is 130 Å². The average Bonchev–Trinajstić information content (AvgIpc) is 3.36. The van der Waals surface area contributed by atoms with Gasteiger partial charge in [0.25, 0.3) is 15.9 Å². The zero-order valence-corrected chi connectivity index (χ0v) is 16.7. The Balaban J connectivity index is 1.58. The quantitative estimate of drug-likeness (QED) is 0.646. The van der Waals surface area contributed by atoms with Gasteiger partial charge >= 0.3 is 6.03 Å². The van der Waals surface area contributed by atoms with E-state index in [0.29, 0.717) is 0 Å². The summed E-state index contributed by atoms with van der Waals surface area (Å²) in [5, 5.41) is 4.67. The zero-order chi connectivity index (χ0) is 20.6. The lowest BCUT2D eigenvalue weighted by molar-refractivity contribution is 0.0957. The molecule has 29 heavy (non-hydrogen) atoms. The zero-order valence-electron chi connectivity index (χ0n) is 15.9. The molecule has 0 radical (unpaired) electrons. The summed E-state index contributed by atoms with van der Waals surface area (Å²) in [6.45, 7) is 0. The number of benzene rings is 1. The molecule has 0 aliphatic heterocycles. The van der Waals surface area contributed by atoms with Crippen LogP contribution in [0, 0.1) is 0 Å². The number of aryl methyl sites for hydroxylation is 2. The van der Waals surface area contributed by atoms with Crippen LogP contribution in [-0.4, -0.2) is 37.4 Å². The molecule has 4 rings (SSSR count). The van der Waals surface area contributed by atoms with Crippen molar-refractivity contribution in [3.8, 4) is 0 Å². The molecule has 0 atom stereocenters. The van der Waals surface area contributed by atoms with Gasteiger partial charge in [-0.25, -0.2) is 19.5 Å². The smallest absolute Gasteiger partial charge is 0.333 e. The molecule has 10 heteroatoms. The van der Waals surface area contributed by atoms with Gasteiger partial charge in [0.15, 0.2) is 5.03 Å². The first-order valence-corrected chi connectivity index (χ1v) is 10.9. The minimum atomic E-state index is -4.27. The molecule has 2 aromatic rings. The average molecular weight is 415 g/mol. The third kappa shape index (κ3) is 3.67. The van der Waals surface area contributed by atoms with Crippen LogP contribution < -0.4 is 15.4 Å². The van der Waals surface area contributed by atoms with Crippen LogP contribution in [0.5, 0.6) is 0 Å². The van der Waals surface area contributed by atoms with Crippen LogP contribution in [0.4, 0.5) is 10.5 Å². The number of hydrogen-bond donors (Lipinski definition) is 3. The molecule has 0 fully saturated rings. The van der Waals surface area contributed by atoms with Crippen LogP contribution in [0.25, 0.3) is 0 Å². The lowest BCUT2D eigenvalue weighted by atomic mass is 9.99. The maximum absolute atomic E-state index is 12.6. The molecule has 0 saturated heterocycles. The molecule has 3 amide bonds. The Bertz CT molecular complexity index is 1080. The van der Waals surface area contributed by atoms with E-state index in [1.807, 2.05) is 4.72 Å². The third-order valence-electron chi connectivity index (χ3n) is 5.32. The van der Waals surface area contributed by atoms with Gasteiger partial charge in [0.05, 0.1) is 0 Å². The lowest BCUT2D eigenvalue weighted by Gasteiger charge is -2.16. The van der Waals surface area contributed by atoms with Gasteiger partial charge in [-0.2, -0.15) is 8.42 Å². The summed E-state index contributed by atoms with van der Waals surface area (Å²) < 4.78 is 27.1. The normalized spacial score (nSPS) is 14.8. The molecule has 9 nitrogen and oxygen atoms in total. The molecule has 0 bridgehead atoms. The van der Waals surface area contributed by atoms with Gasteiger partial charge in [-0.15, -0.1) is 0 Å². The summed E-state index contributed by atoms with van der Waals surface area (Å²) in [4.78, 5) is 31.6. The van der Waals surface area contributed by atoms with Crippen LogP contribution in [0.1, 0.15) is 45.6 Å². The Labute approximate surface area is 168 Å². The Morgan fingerprint density at radius 3 is 2.24 bits per heavy atom. The molecular weight excluding hydrogens is 394 g/mol. The van der Waals surface area contributed by atoms with E-state index < -0.39 is 27.0 Å².